The highest BCUT2D eigenvalue weighted by atomic mass is 19.4. The zero-order valence-corrected chi connectivity index (χ0v) is 71.6. The Hall–Kier alpha value is -13.6. The number of halogens is 6. The maximum absolute atomic E-state index is 13.6. The number of hydrogen-bond acceptors (Lipinski definition) is 21. The second-order valence-electron chi connectivity index (χ2n) is 34.6. The molecule has 8 bridgehead atoms. The normalized spacial score (nSPS) is 18.8. The number of aromatic nitrogens is 10. The van der Waals surface area contributed by atoms with Crippen LogP contribution in [0.3, 0.4) is 0 Å². The predicted molar refractivity (Wildman–Crippen MR) is 477 cm³/mol. The van der Waals surface area contributed by atoms with E-state index in [0.717, 1.165) is 203 Å². The lowest BCUT2D eigenvalue weighted by Gasteiger charge is -2.37. The zero-order valence-electron chi connectivity index (χ0n) is 71.6. The van der Waals surface area contributed by atoms with Crippen molar-refractivity contribution in [2.24, 2.45) is 0 Å². The molecule has 2 aromatic carbocycles. The Balaban J connectivity index is 0.000000116. The number of rotatable bonds is 9. The number of oxazole rings is 1. The Bertz CT molecular complexity index is 6000. The number of alkyl halides is 6. The lowest BCUT2D eigenvalue weighted by atomic mass is 9.96. The number of pyridine rings is 7. The van der Waals surface area contributed by atoms with Gasteiger partial charge in [-0.1, -0.05) is 43.5 Å². The number of ether oxygens (including phenoxy) is 1. The highest BCUT2D eigenvalue weighted by Crippen LogP contribution is 2.47. The van der Waals surface area contributed by atoms with Gasteiger partial charge in [0.1, 0.15) is 11.5 Å². The van der Waals surface area contributed by atoms with Gasteiger partial charge in [-0.05, 0) is 182 Å². The van der Waals surface area contributed by atoms with Crippen LogP contribution < -0.4 is 65.4 Å². The van der Waals surface area contributed by atoms with E-state index in [1.807, 2.05) is 106 Å². The number of carbonyl (C=O) groups is 4. The molecule has 18 heterocycles. The third-order valence-corrected chi connectivity index (χ3v) is 24.6. The summed E-state index contributed by atoms with van der Waals surface area (Å²) in [5.74, 6) is 4.16. The maximum atomic E-state index is 13.6. The molecule has 1 aliphatic carbocycles. The van der Waals surface area contributed by atoms with Crippen molar-refractivity contribution in [1.29, 1.82) is 0 Å². The van der Waals surface area contributed by atoms with Crippen molar-refractivity contribution < 1.29 is 54.7 Å². The number of carbonyl (C=O) groups excluding carboxylic acids is 4. The Morgan fingerprint density at radius 1 is 0.406 bits per heavy atom. The summed E-state index contributed by atoms with van der Waals surface area (Å²) < 4.78 is 89.8. The minimum Gasteiger partial charge on any atom is -0.439 e. The van der Waals surface area contributed by atoms with Gasteiger partial charge < -0.3 is 44.3 Å². The molecule has 8 amide bonds. The summed E-state index contributed by atoms with van der Waals surface area (Å²) in [6.45, 7) is 21.0. The van der Waals surface area contributed by atoms with E-state index in [9.17, 15) is 45.5 Å². The summed E-state index contributed by atoms with van der Waals surface area (Å²) in [6.07, 6.45) is 8.52. The molecule has 128 heavy (non-hydrogen) atoms. The van der Waals surface area contributed by atoms with Gasteiger partial charge in [-0.2, -0.15) is 26.3 Å². The van der Waals surface area contributed by atoms with Crippen LogP contribution >= 0.6 is 0 Å². The van der Waals surface area contributed by atoms with Gasteiger partial charge in [0.05, 0.1) is 100 Å². The van der Waals surface area contributed by atoms with Crippen LogP contribution in [0.5, 0.6) is 0 Å². The third-order valence-electron chi connectivity index (χ3n) is 24.6. The molecule has 5 saturated heterocycles. The Labute approximate surface area is 735 Å². The van der Waals surface area contributed by atoms with Crippen LogP contribution in [0.25, 0.3) is 56.5 Å². The molecule has 10 aliphatic rings. The van der Waals surface area contributed by atoms with E-state index in [2.05, 4.69) is 86.7 Å². The SMILES string of the molecule is CC(C)(C)NC(=O)N1c2nc(-c3cccc(C(F)(F)F)c3)ccc2N2CC[C@H]1C2.Cc1cc(-c2ccc3c(n2)N(C(=O)Nc2cc(N4CCOCC4)ccn2)[C@H]2CCN3C2)ccn1.Cc1cc(-c2ccc3c(n2)N(C(=O)Nc2nccc(-c4cnc(C)o4)n2)[C@H]2CCN3C2)ccn1.O=C(NC1CCCCC1)N1c2nc(-c3cccc(C(F)(F)F)c3)ccc2N2CC[C@H]1C2. The van der Waals surface area contributed by atoms with Crippen LogP contribution in [0, 0.1) is 20.8 Å². The molecule has 4 N–H and O–H groups in total. The molecule has 0 unspecified atom stereocenters. The molecule has 1 saturated carbocycles. The van der Waals surface area contributed by atoms with Crippen molar-refractivity contribution in [3.8, 4) is 56.5 Å². The van der Waals surface area contributed by atoms with Gasteiger partial charge >= 0.3 is 36.5 Å². The van der Waals surface area contributed by atoms with Gasteiger partial charge in [0, 0.05) is 154 Å². The van der Waals surface area contributed by atoms with Gasteiger partial charge in [-0.25, -0.2) is 59.0 Å². The first kappa shape index (κ1) is 85.2. The molecule has 0 spiro atoms. The van der Waals surface area contributed by atoms with E-state index in [4.69, 9.17) is 24.1 Å². The van der Waals surface area contributed by atoms with Crippen molar-refractivity contribution in [2.45, 2.75) is 147 Å². The Morgan fingerprint density at radius 3 is 1.27 bits per heavy atom. The fraction of sp³-hybridized carbons (Fsp3) is 0.376. The lowest BCUT2D eigenvalue weighted by Crippen LogP contribution is -2.54. The number of morpholine rings is 1. The largest absolute Gasteiger partial charge is 0.439 e. The van der Waals surface area contributed by atoms with E-state index in [-0.39, 0.29) is 60.3 Å². The summed E-state index contributed by atoms with van der Waals surface area (Å²) >= 11 is 0. The molecule has 11 aromatic rings. The van der Waals surface area contributed by atoms with Crippen molar-refractivity contribution in [3.05, 3.63) is 199 Å². The molecule has 4 atom stereocenters. The molecular weight excluding hydrogens is 1650 g/mol. The maximum Gasteiger partial charge on any atom is 0.416 e. The molecule has 29 nitrogen and oxygen atoms in total. The minimum atomic E-state index is -4.42. The predicted octanol–water partition coefficient (Wildman–Crippen LogP) is 17.0. The Morgan fingerprint density at radius 2 is 0.836 bits per heavy atom. The van der Waals surface area contributed by atoms with E-state index in [1.165, 1.54) is 18.6 Å². The van der Waals surface area contributed by atoms with Gasteiger partial charge in [-0.15, -0.1) is 0 Å². The average Bonchev–Trinajstić information content (AvgIpc) is 1.58. The summed E-state index contributed by atoms with van der Waals surface area (Å²) in [5, 5.41) is 12.0. The first-order valence-electron chi connectivity index (χ1n) is 43.3. The first-order valence-corrected chi connectivity index (χ1v) is 43.3. The number of nitrogens with one attached hydrogen (secondary N) is 4. The lowest BCUT2D eigenvalue weighted by molar-refractivity contribution is -0.138. The number of hydrogen-bond donors (Lipinski definition) is 4. The fourth-order valence-electron chi connectivity index (χ4n) is 18.4. The highest BCUT2D eigenvalue weighted by molar-refractivity contribution is 6.06. The Kier molecular flexibility index (Phi) is 23.5. The van der Waals surface area contributed by atoms with Crippen LogP contribution in [0.1, 0.15) is 107 Å². The van der Waals surface area contributed by atoms with Crippen LogP contribution in [-0.2, 0) is 17.1 Å². The molecule has 35 heteroatoms. The first-order chi connectivity index (χ1) is 61.6. The van der Waals surface area contributed by atoms with Crippen molar-refractivity contribution in [2.75, 3.05) is 133 Å². The molecule has 9 aromatic heterocycles. The van der Waals surface area contributed by atoms with Crippen molar-refractivity contribution in [1.82, 2.24) is 60.5 Å². The zero-order chi connectivity index (χ0) is 88.9. The molecule has 0 radical (unpaired) electrons. The number of anilines is 11. The number of benzene rings is 2. The number of fused-ring (bicyclic) bond motifs is 16. The molecule has 662 valence electrons. The highest BCUT2D eigenvalue weighted by Gasteiger charge is 2.46. The smallest absolute Gasteiger partial charge is 0.416 e. The quantitative estimate of drug-likeness (QED) is 0.0976. The van der Waals surface area contributed by atoms with Crippen molar-refractivity contribution in [3.63, 3.8) is 0 Å². The molecule has 9 aliphatic heterocycles. The van der Waals surface area contributed by atoms with Gasteiger partial charge in [0.2, 0.25) is 5.95 Å². The number of aryl methyl sites for hydroxylation is 3. The van der Waals surface area contributed by atoms with Crippen LogP contribution in [0.2, 0.25) is 0 Å². The molecular formula is C93H97F6N23O6. The monoisotopic (exact) mass is 1750 g/mol. The third kappa shape index (κ3) is 18.3. The minimum absolute atomic E-state index is 0.00545. The summed E-state index contributed by atoms with van der Waals surface area (Å²) in [5.41, 5.74) is 10.4. The fourth-order valence-corrected chi connectivity index (χ4v) is 18.4. The second kappa shape index (κ2) is 35.3. The van der Waals surface area contributed by atoms with Gasteiger partial charge in [0.15, 0.2) is 34.9 Å². The van der Waals surface area contributed by atoms with Crippen LogP contribution in [0.4, 0.5) is 109 Å². The molecule has 21 rings (SSSR count). The van der Waals surface area contributed by atoms with Crippen molar-refractivity contribution >= 4 is 87.6 Å². The number of amides is 8. The van der Waals surface area contributed by atoms with E-state index in [1.54, 1.807) is 82.9 Å². The molecule has 6 fully saturated rings. The van der Waals surface area contributed by atoms with Gasteiger partial charge in [0.25, 0.3) is 0 Å². The summed E-state index contributed by atoms with van der Waals surface area (Å²) in [4.78, 5) is 116. The standard InChI is InChI=1S/C25H27N7O2.C24H22N8O2.C23H25F3N4O.C21H23F3N4O/c1-17-14-18(4-7-26-17)21-2-3-22-24(28-21)32(20-6-9-31(22)16-20)25(33)29-23-15-19(5-8-27-23)30-10-12-34-13-11-30;1-14-11-16(5-8-25-14)18-3-4-20-22(28-18)32(17-7-10-31(20)13-17)24(33)30-23-26-9-6-19(29-23)21-12-27-15(2)34-21;24-23(25,26)16-6-4-5-15(13-16)19-9-10-20-21(28-19)30(18-11-12-29(20)14-18)22(31)27-17-7-2-1-3-8-17;1-20(2,3)26-19(29)28-15-9-10-27(12-15)17-8-7-16(25-18(17)28)13-5-4-6-14(11-13)21(22,23)24/h2-5,7-8,14-15,20H,6,9-13,16H2,1H3,(H,27,29,33);3-6,8-9,11-12,17H,7,10,13H2,1-2H3,(H,26,29,30,33);4-6,9-10,13,17-18H,1-3,7-8,11-12,14H2,(H,27,31);4-8,11,15H,9-10,12H2,1-3H3,(H,26,29)/t20-;17-;18-;15-/m0000/s1. The summed E-state index contributed by atoms with van der Waals surface area (Å²) in [6, 6.07) is 38.5. The topological polar surface area (TPSA) is 297 Å². The van der Waals surface area contributed by atoms with Crippen LogP contribution in [0.15, 0.2) is 175 Å². The number of urea groups is 4. The number of nitrogens with zero attached hydrogens (tertiary/aromatic N) is 19. The van der Waals surface area contributed by atoms with E-state index in [0.29, 0.717) is 82.2 Å². The van der Waals surface area contributed by atoms with Crippen LogP contribution in [-0.4, -0.2) is 188 Å². The van der Waals surface area contributed by atoms with Gasteiger partial charge in [-0.3, -0.25) is 40.2 Å². The van der Waals surface area contributed by atoms with E-state index < -0.39 is 29.0 Å². The average molecular weight is 1750 g/mol. The van der Waals surface area contributed by atoms with E-state index >= 15 is 0 Å². The second-order valence-corrected chi connectivity index (χ2v) is 34.6. The summed E-state index contributed by atoms with van der Waals surface area (Å²) in [7, 11) is 0.